The Bertz CT molecular complexity index is 992. The Morgan fingerprint density at radius 1 is 1.10 bits per heavy atom. The van der Waals surface area contributed by atoms with Crippen molar-refractivity contribution < 1.29 is 13.6 Å². The van der Waals surface area contributed by atoms with E-state index in [9.17, 15) is 9.18 Å². The first-order valence-corrected chi connectivity index (χ1v) is 9.98. The van der Waals surface area contributed by atoms with E-state index < -0.39 is 0 Å². The lowest BCUT2D eigenvalue weighted by atomic mass is 10.3. The van der Waals surface area contributed by atoms with Crippen LogP contribution in [0.2, 0.25) is 5.02 Å². The van der Waals surface area contributed by atoms with E-state index in [4.69, 9.17) is 16.0 Å². The molecular formula is C21H22ClFN4O2. The van der Waals surface area contributed by atoms with Gasteiger partial charge in [0.15, 0.2) is 5.58 Å². The Morgan fingerprint density at radius 3 is 2.69 bits per heavy atom. The van der Waals surface area contributed by atoms with Crippen molar-refractivity contribution in [1.82, 2.24) is 14.8 Å². The van der Waals surface area contributed by atoms with Crippen molar-refractivity contribution in [1.29, 1.82) is 0 Å². The van der Waals surface area contributed by atoms with Crippen LogP contribution in [0.1, 0.15) is 12.3 Å². The van der Waals surface area contributed by atoms with Crippen LogP contribution in [0.15, 0.2) is 46.9 Å². The lowest BCUT2D eigenvalue weighted by Gasteiger charge is -2.20. The highest BCUT2D eigenvalue weighted by molar-refractivity contribution is 6.30. The molecule has 152 valence electrons. The summed E-state index contributed by atoms with van der Waals surface area (Å²) in [5.41, 5.74) is 1.87. The van der Waals surface area contributed by atoms with E-state index in [1.165, 1.54) is 12.1 Å². The molecule has 0 radical (unpaired) electrons. The molecule has 1 aromatic heterocycles. The molecule has 1 saturated heterocycles. The molecule has 1 N–H and O–H groups in total. The van der Waals surface area contributed by atoms with Crippen LogP contribution < -0.4 is 5.32 Å². The number of amides is 1. The average molecular weight is 417 g/mol. The van der Waals surface area contributed by atoms with E-state index in [0.29, 0.717) is 35.1 Å². The second-order valence-electron chi connectivity index (χ2n) is 7.18. The highest BCUT2D eigenvalue weighted by Crippen LogP contribution is 2.18. The summed E-state index contributed by atoms with van der Waals surface area (Å²) >= 11 is 5.87. The van der Waals surface area contributed by atoms with Crippen LogP contribution in [-0.2, 0) is 11.3 Å². The molecule has 8 heteroatoms. The standard InChI is InChI=1S/C21H22ClFN4O2/c22-15-2-5-17(6-3-15)24-20(28)13-26-8-1-9-27(11-10-26)14-21-25-18-7-4-16(23)12-19(18)29-21/h2-7,12H,1,8-11,13-14H2,(H,24,28). The number of fused-ring (bicyclic) bond motifs is 1. The summed E-state index contributed by atoms with van der Waals surface area (Å²) in [7, 11) is 0. The van der Waals surface area contributed by atoms with Gasteiger partial charge < -0.3 is 9.73 Å². The van der Waals surface area contributed by atoms with Crippen molar-refractivity contribution in [2.75, 3.05) is 38.0 Å². The number of carbonyl (C=O) groups excluding carboxylic acids is 1. The van der Waals surface area contributed by atoms with E-state index >= 15 is 0 Å². The molecule has 6 nitrogen and oxygen atoms in total. The Balaban J connectivity index is 1.29. The zero-order valence-electron chi connectivity index (χ0n) is 15.9. The van der Waals surface area contributed by atoms with Gasteiger partial charge in [0.25, 0.3) is 0 Å². The second kappa shape index (κ2) is 8.90. The van der Waals surface area contributed by atoms with Crippen LogP contribution in [0.3, 0.4) is 0 Å². The van der Waals surface area contributed by atoms with E-state index in [0.717, 1.165) is 38.3 Å². The number of carbonyl (C=O) groups is 1. The first-order valence-electron chi connectivity index (χ1n) is 9.60. The average Bonchev–Trinajstić information content (AvgIpc) is 2.95. The van der Waals surface area contributed by atoms with Gasteiger partial charge in [0, 0.05) is 29.9 Å². The van der Waals surface area contributed by atoms with E-state index in [-0.39, 0.29) is 11.7 Å². The minimum atomic E-state index is -0.331. The zero-order chi connectivity index (χ0) is 20.2. The van der Waals surface area contributed by atoms with Gasteiger partial charge in [-0.3, -0.25) is 14.6 Å². The number of halogens is 2. The summed E-state index contributed by atoms with van der Waals surface area (Å²) in [5.74, 6) is 0.212. The van der Waals surface area contributed by atoms with Crippen molar-refractivity contribution >= 4 is 34.3 Å². The van der Waals surface area contributed by atoms with Crippen molar-refractivity contribution in [3.63, 3.8) is 0 Å². The van der Waals surface area contributed by atoms with Crippen LogP contribution in [0, 0.1) is 5.82 Å². The zero-order valence-corrected chi connectivity index (χ0v) is 16.7. The molecule has 4 rings (SSSR count). The maximum absolute atomic E-state index is 13.3. The Labute approximate surface area is 173 Å². The van der Waals surface area contributed by atoms with Crippen LogP contribution >= 0.6 is 11.6 Å². The molecule has 1 aliphatic heterocycles. The van der Waals surface area contributed by atoms with E-state index in [2.05, 4.69) is 20.1 Å². The number of nitrogens with one attached hydrogen (secondary N) is 1. The predicted molar refractivity (Wildman–Crippen MR) is 110 cm³/mol. The van der Waals surface area contributed by atoms with Gasteiger partial charge in [0.1, 0.15) is 11.3 Å². The fraction of sp³-hybridized carbons (Fsp3) is 0.333. The van der Waals surface area contributed by atoms with Crippen LogP contribution in [-0.4, -0.2) is 53.4 Å². The molecule has 1 fully saturated rings. The molecule has 0 bridgehead atoms. The lowest BCUT2D eigenvalue weighted by Crippen LogP contribution is -2.36. The van der Waals surface area contributed by atoms with Gasteiger partial charge in [-0.2, -0.15) is 0 Å². The normalized spacial score (nSPS) is 16.1. The van der Waals surface area contributed by atoms with Gasteiger partial charge in [0.2, 0.25) is 11.8 Å². The summed E-state index contributed by atoms with van der Waals surface area (Å²) in [4.78, 5) is 21.2. The van der Waals surface area contributed by atoms with Gasteiger partial charge in [-0.05, 0) is 55.9 Å². The van der Waals surface area contributed by atoms with E-state index in [1.807, 2.05) is 0 Å². The van der Waals surface area contributed by atoms with Gasteiger partial charge in [-0.1, -0.05) is 11.6 Å². The summed E-state index contributed by atoms with van der Waals surface area (Å²) in [5, 5.41) is 3.54. The van der Waals surface area contributed by atoms with E-state index in [1.54, 1.807) is 30.3 Å². The highest BCUT2D eigenvalue weighted by Gasteiger charge is 2.19. The molecule has 0 aliphatic carbocycles. The molecule has 0 saturated carbocycles. The second-order valence-corrected chi connectivity index (χ2v) is 7.62. The third-order valence-electron chi connectivity index (χ3n) is 4.93. The van der Waals surface area contributed by atoms with Gasteiger partial charge in [-0.15, -0.1) is 0 Å². The molecule has 1 aliphatic rings. The Morgan fingerprint density at radius 2 is 1.86 bits per heavy atom. The van der Waals surface area contributed by atoms with Crippen LogP contribution in [0.5, 0.6) is 0 Å². The van der Waals surface area contributed by atoms with Crippen molar-refractivity contribution in [2.24, 2.45) is 0 Å². The highest BCUT2D eigenvalue weighted by atomic mass is 35.5. The maximum Gasteiger partial charge on any atom is 0.238 e. The lowest BCUT2D eigenvalue weighted by molar-refractivity contribution is -0.117. The van der Waals surface area contributed by atoms with Gasteiger partial charge >= 0.3 is 0 Å². The molecule has 2 heterocycles. The summed E-state index contributed by atoms with van der Waals surface area (Å²) in [6, 6.07) is 11.4. The number of hydrogen-bond acceptors (Lipinski definition) is 5. The summed E-state index contributed by atoms with van der Waals surface area (Å²) in [6.07, 6.45) is 0.948. The number of oxazole rings is 1. The molecule has 1 amide bonds. The fourth-order valence-electron chi connectivity index (χ4n) is 3.48. The number of nitrogens with zero attached hydrogens (tertiary/aromatic N) is 3. The van der Waals surface area contributed by atoms with Gasteiger partial charge in [-0.25, -0.2) is 9.37 Å². The Kier molecular flexibility index (Phi) is 6.08. The van der Waals surface area contributed by atoms with Crippen LogP contribution in [0.25, 0.3) is 11.1 Å². The molecule has 0 spiro atoms. The summed E-state index contributed by atoms with van der Waals surface area (Å²) in [6.45, 7) is 4.25. The van der Waals surface area contributed by atoms with Gasteiger partial charge in [0.05, 0.1) is 13.1 Å². The first kappa shape index (κ1) is 19.8. The molecule has 0 unspecified atom stereocenters. The number of rotatable bonds is 5. The molecule has 2 aromatic carbocycles. The van der Waals surface area contributed by atoms with Crippen LogP contribution in [0.4, 0.5) is 10.1 Å². The molecule has 0 atom stereocenters. The summed E-state index contributed by atoms with van der Waals surface area (Å²) < 4.78 is 19.0. The Hall–Kier alpha value is -2.48. The topological polar surface area (TPSA) is 61.6 Å². The molecule has 3 aromatic rings. The third kappa shape index (κ3) is 5.32. The van der Waals surface area contributed by atoms with Crippen molar-refractivity contribution in [2.45, 2.75) is 13.0 Å². The number of aromatic nitrogens is 1. The minimum absolute atomic E-state index is 0.0400. The largest absolute Gasteiger partial charge is 0.439 e. The quantitative estimate of drug-likeness (QED) is 0.686. The predicted octanol–water partition coefficient (Wildman–Crippen LogP) is 3.77. The molecule has 29 heavy (non-hydrogen) atoms. The third-order valence-corrected chi connectivity index (χ3v) is 5.18. The smallest absolute Gasteiger partial charge is 0.238 e. The first-order chi connectivity index (χ1) is 14.0. The fourth-order valence-corrected chi connectivity index (χ4v) is 3.61. The number of benzene rings is 2. The number of anilines is 1. The maximum atomic E-state index is 13.3. The SMILES string of the molecule is O=C(CN1CCCN(Cc2nc3ccc(F)cc3o2)CC1)Nc1ccc(Cl)cc1. The monoisotopic (exact) mass is 416 g/mol. The molecular weight excluding hydrogens is 395 g/mol. The van der Waals surface area contributed by atoms with Crippen molar-refractivity contribution in [3.8, 4) is 0 Å². The minimum Gasteiger partial charge on any atom is -0.439 e. The van der Waals surface area contributed by atoms with Crippen molar-refractivity contribution in [3.05, 3.63) is 59.2 Å². The number of hydrogen-bond donors (Lipinski definition) is 1.